The molecule has 2 aliphatic rings. The first-order chi connectivity index (χ1) is 16.5. The molecule has 0 saturated carbocycles. The highest BCUT2D eigenvalue weighted by molar-refractivity contribution is 5.94. The van der Waals surface area contributed by atoms with Crippen molar-refractivity contribution in [3.8, 4) is 0 Å². The minimum absolute atomic E-state index is 0.00553. The van der Waals surface area contributed by atoms with Crippen LogP contribution in [-0.4, -0.2) is 81.8 Å². The van der Waals surface area contributed by atoms with Gasteiger partial charge in [-0.05, 0) is 43.2 Å². The van der Waals surface area contributed by atoms with Gasteiger partial charge < -0.3 is 19.5 Å². The van der Waals surface area contributed by atoms with E-state index in [2.05, 4.69) is 43.6 Å². The molecule has 1 N–H and O–H groups in total. The number of aliphatic hydroxyl groups is 1. The summed E-state index contributed by atoms with van der Waals surface area (Å²) in [4.78, 5) is 24.0. The summed E-state index contributed by atoms with van der Waals surface area (Å²) in [5, 5.41) is 11.3. The zero-order chi connectivity index (χ0) is 23.5. The van der Waals surface area contributed by atoms with Crippen LogP contribution in [0.4, 0.5) is 5.69 Å². The van der Waals surface area contributed by atoms with E-state index in [1.165, 1.54) is 5.69 Å². The van der Waals surface area contributed by atoms with E-state index in [1.807, 2.05) is 48.4 Å². The summed E-state index contributed by atoms with van der Waals surface area (Å²) in [6.45, 7) is 7.98. The van der Waals surface area contributed by atoms with Gasteiger partial charge in [0.15, 0.2) is 0 Å². The average molecular weight is 460 g/mol. The van der Waals surface area contributed by atoms with E-state index in [-0.39, 0.29) is 5.91 Å². The van der Waals surface area contributed by atoms with Crippen LogP contribution >= 0.6 is 0 Å². The van der Waals surface area contributed by atoms with Crippen LogP contribution in [0.3, 0.4) is 0 Å². The number of amides is 1. The SMILES string of the molecule is Cc1nccn1Cc1cccc(C(=O)N2CCC(O)(CN3CCN(c4ccccc4)CC3)C2)c1. The molecule has 2 aliphatic heterocycles. The van der Waals surface area contributed by atoms with Gasteiger partial charge in [0.2, 0.25) is 0 Å². The van der Waals surface area contributed by atoms with Crippen molar-refractivity contribution in [2.24, 2.45) is 0 Å². The number of rotatable bonds is 6. The third-order valence-corrected chi connectivity index (χ3v) is 7.08. The van der Waals surface area contributed by atoms with E-state index < -0.39 is 5.60 Å². The van der Waals surface area contributed by atoms with Gasteiger partial charge in [-0.3, -0.25) is 9.69 Å². The van der Waals surface area contributed by atoms with Gasteiger partial charge in [-0.2, -0.15) is 0 Å². The molecule has 2 saturated heterocycles. The largest absolute Gasteiger partial charge is 0.387 e. The monoisotopic (exact) mass is 459 g/mol. The quantitative estimate of drug-likeness (QED) is 0.614. The lowest BCUT2D eigenvalue weighted by Gasteiger charge is -2.39. The second-order valence-corrected chi connectivity index (χ2v) is 9.60. The number of hydrogen-bond donors (Lipinski definition) is 1. The van der Waals surface area contributed by atoms with E-state index in [0.29, 0.717) is 38.2 Å². The number of piperazine rings is 1. The number of para-hydroxylation sites is 1. The van der Waals surface area contributed by atoms with Gasteiger partial charge >= 0.3 is 0 Å². The number of β-amino-alcohol motifs (C(OH)–C–C–N with tert-alkyl or cyclic N) is 1. The lowest BCUT2D eigenvalue weighted by atomic mass is 10.0. The number of likely N-dealkylation sites (tertiary alicyclic amines) is 1. The van der Waals surface area contributed by atoms with Crippen molar-refractivity contribution in [2.45, 2.75) is 25.5 Å². The average Bonchev–Trinajstić information content (AvgIpc) is 3.45. The number of aryl methyl sites for hydroxylation is 1. The summed E-state index contributed by atoms with van der Waals surface area (Å²) in [6, 6.07) is 18.3. The molecular weight excluding hydrogens is 426 g/mol. The predicted octanol–water partition coefficient (Wildman–Crippen LogP) is 2.64. The molecule has 1 amide bonds. The summed E-state index contributed by atoms with van der Waals surface area (Å²) in [5.74, 6) is 0.944. The summed E-state index contributed by atoms with van der Waals surface area (Å²) >= 11 is 0. The van der Waals surface area contributed by atoms with Crippen LogP contribution in [0.25, 0.3) is 0 Å². The normalized spacial score (nSPS) is 21.2. The minimum Gasteiger partial charge on any atom is -0.387 e. The highest BCUT2D eigenvalue weighted by atomic mass is 16.3. The fourth-order valence-corrected chi connectivity index (χ4v) is 5.13. The van der Waals surface area contributed by atoms with E-state index in [0.717, 1.165) is 37.6 Å². The lowest BCUT2D eigenvalue weighted by Crippen LogP contribution is -2.53. The van der Waals surface area contributed by atoms with Gasteiger partial charge in [0, 0.05) is 69.5 Å². The van der Waals surface area contributed by atoms with Crippen molar-refractivity contribution in [3.05, 3.63) is 83.9 Å². The first-order valence-electron chi connectivity index (χ1n) is 12.1. The number of anilines is 1. The maximum atomic E-state index is 13.2. The van der Waals surface area contributed by atoms with E-state index in [4.69, 9.17) is 0 Å². The van der Waals surface area contributed by atoms with E-state index in [1.54, 1.807) is 6.20 Å². The zero-order valence-corrected chi connectivity index (χ0v) is 19.8. The Morgan fingerprint density at radius 1 is 1.03 bits per heavy atom. The van der Waals surface area contributed by atoms with Crippen molar-refractivity contribution >= 4 is 11.6 Å². The van der Waals surface area contributed by atoms with Crippen LogP contribution in [0.1, 0.15) is 28.2 Å². The van der Waals surface area contributed by atoms with Gasteiger partial charge in [0.25, 0.3) is 5.91 Å². The number of benzene rings is 2. The summed E-state index contributed by atoms with van der Waals surface area (Å²) < 4.78 is 2.07. The van der Waals surface area contributed by atoms with Gasteiger partial charge in [0.05, 0.1) is 12.1 Å². The number of nitrogens with zero attached hydrogens (tertiary/aromatic N) is 5. The highest BCUT2D eigenvalue weighted by Crippen LogP contribution is 2.26. The number of imidazole rings is 1. The zero-order valence-electron chi connectivity index (χ0n) is 19.8. The molecule has 1 aromatic heterocycles. The van der Waals surface area contributed by atoms with Crippen LogP contribution in [0.2, 0.25) is 0 Å². The number of carbonyl (C=O) groups is 1. The topological polar surface area (TPSA) is 64.8 Å². The van der Waals surface area contributed by atoms with E-state index >= 15 is 0 Å². The Morgan fingerprint density at radius 3 is 2.56 bits per heavy atom. The van der Waals surface area contributed by atoms with Crippen LogP contribution in [0, 0.1) is 6.92 Å². The Kier molecular flexibility index (Phi) is 6.39. The Balaban J connectivity index is 1.16. The number of carbonyl (C=O) groups excluding carboxylic acids is 1. The Morgan fingerprint density at radius 2 is 1.82 bits per heavy atom. The summed E-state index contributed by atoms with van der Waals surface area (Å²) in [5.41, 5.74) is 2.15. The lowest BCUT2D eigenvalue weighted by molar-refractivity contribution is 0.0103. The summed E-state index contributed by atoms with van der Waals surface area (Å²) in [6.07, 6.45) is 4.35. The standard InChI is InChI=1S/C27H33N5O2/c1-22-28-11-13-31(22)19-23-6-5-7-24(18-23)26(33)32-12-10-27(34,21-32)20-29-14-16-30(17-15-29)25-8-3-2-4-9-25/h2-9,11,13,18,34H,10,12,14-17,19-21H2,1H3. The van der Waals surface area contributed by atoms with Crippen LogP contribution in [-0.2, 0) is 6.54 Å². The fraction of sp³-hybridized carbons (Fsp3) is 0.407. The fourth-order valence-electron chi connectivity index (χ4n) is 5.13. The van der Waals surface area contributed by atoms with Gasteiger partial charge in [-0.15, -0.1) is 0 Å². The first-order valence-corrected chi connectivity index (χ1v) is 12.1. The molecule has 34 heavy (non-hydrogen) atoms. The Hall–Kier alpha value is -3.16. The molecule has 2 fully saturated rings. The molecule has 1 unspecified atom stereocenters. The number of aromatic nitrogens is 2. The molecule has 7 nitrogen and oxygen atoms in total. The van der Waals surface area contributed by atoms with E-state index in [9.17, 15) is 9.90 Å². The predicted molar refractivity (Wildman–Crippen MR) is 133 cm³/mol. The van der Waals surface area contributed by atoms with Crippen molar-refractivity contribution in [2.75, 3.05) is 50.7 Å². The van der Waals surface area contributed by atoms with Gasteiger partial charge in [0.1, 0.15) is 5.82 Å². The minimum atomic E-state index is -0.851. The maximum absolute atomic E-state index is 13.2. The molecule has 0 spiro atoms. The molecule has 178 valence electrons. The third-order valence-electron chi connectivity index (χ3n) is 7.08. The molecule has 0 aliphatic carbocycles. The Bertz CT molecular complexity index is 1120. The molecule has 3 aromatic rings. The van der Waals surface area contributed by atoms with Gasteiger partial charge in [-0.25, -0.2) is 4.98 Å². The number of hydrogen-bond acceptors (Lipinski definition) is 5. The van der Waals surface area contributed by atoms with Crippen LogP contribution in [0.5, 0.6) is 0 Å². The van der Waals surface area contributed by atoms with Crippen molar-refractivity contribution in [1.82, 2.24) is 19.4 Å². The van der Waals surface area contributed by atoms with Crippen molar-refractivity contribution in [3.63, 3.8) is 0 Å². The molecule has 0 radical (unpaired) electrons. The van der Waals surface area contributed by atoms with Crippen molar-refractivity contribution < 1.29 is 9.90 Å². The third kappa shape index (κ3) is 5.00. The van der Waals surface area contributed by atoms with Crippen LogP contribution in [0.15, 0.2) is 67.0 Å². The molecule has 3 heterocycles. The molecule has 2 aromatic carbocycles. The van der Waals surface area contributed by atoms with Gasteiger partial charge in [-0.1, -0.05) is 30.3 Å². The Labute approximate surface area is 201 Å². The molecule has 7 heteroatoms. The molecule has 0 bridgehead atoms. The highest BCUT2D eigenvalue weighted by Gasteiger charge is 2.40. The maximum Gasteiger partial charge on any atom is 0.253 e. The second-order valence-electron chi connectivity index (χ2n) is 9.60. The first kappa shape index (κ1) is 22.6. The van der Waals surface area contributed by atoms with Crippen LogP contribution < -0.4 is 4.90 Å². The smallest absolute Gasteiger partial charge is 0.253 e. The molecule has 5 rings (SSSR count). The molecule has 1 atom stereocenters. The second kappa shape index (κ2) is 9.60. The molecular formula is C27H33N5O2. The summed E-state index contributed by atoms with van der Waals surface area (Å²) in [7, 11) is 0. The van der Waals surface area contributed by atoms with Crippen molar-refractivity contribution in [1.29, 1.82) is 0 Å².